The molecule has 2 atom stereocenters. The van der Waals surface area contributed by atoms with E-state index in [1.807, 2.05) is 37.3 Å². The molecule has 1 aliphatic heterocycles. The second kappa shape index (κ2) is 6.65. The summed E-state index contributed by atoms with van der Waals surface area (Å²) in [6.07, 6.45) is 0.758. The molecule has 1 aliphatic rings. The van der Waals surface area contributed by atoms with E-state index in [9.17, 15) is 9.59 Å². The van der Waals surface area contributed by atoms with Gasteiger partial charge in [0.05, 0.1) is 11.9 Å². The Morgan fingerprint density at radius 3 is 2.75 bits per heavy atom. The lowest BCUT2D eigenvalue weighted by Gasteiger charge is -2.25. The van der Waals surface area contributed by atoms with Crippen molar-refractivity contribution in [3.8, 4) is 0 Å². The highest BCUT2D eigenvalue weighted by molar-refractivity contribution is 7.99. The molecule has 6 heteroatoms. The summed E-state index contributed by atoms with van der Waals surface area (Å²) < 4.78 is 0. The maximum Gasteiger partial charge on any atom is 0.327 e. The number of thioether (sulfide) groups is 1. The van der Waals surface area contributed by atoms with Gasteiger partial charge in [-0.15, -0.1) is 11.8 Å². The van der Waals surface area contributed by atoms with Gasteiger partial charge in [-0.3, -0.25) is 0 Å². The van der Waals surface area contributed by atoms with Gasteiger partial charge in [0, 0.05) is 5.75 Å². The first-order valence-electron chi connectivity index (χ1n) is 6.56. The average molecular weight is 294 g/mol. The molecule has 1 heterocycles. The molecule has 1 aromatic rings. The standard InChI is InChI=1S/C14H18N2O3S/c1-2-11(10-6-4-3-5-7-10)15-14(19)16-9-20-8-12(16)13(17)18/h3-7,11-12H,2,8-9H2,1H3,(H,15,19)(H,17,18)/t11?,12-/m0/s1. The van der Waals surface area contributed by atoms with Gasteiger partial charge < -0.3 is 15.3 Å². The maximum atomic E-state index is 12.2. The van der Waals surface area contributed by atoms with Gasteiger partial charge in [0.2, 0.25) is 0 Å². The molecule has 0 bridgehead atoms. The lowest BCUT2D eigenvalue weighted by atomic mass is 10.1. The molecule has 2 N–H and O–H groups in total. The number of hydrogen-bond acceptors (Lipinski definition) is 3. The van der Waals surface area contributed by atoms with Crippen molar-refractivity contribution in [3.63, 3.8) is 0 Å². The Morgan fingerprint density at radius 1 is 1.45 bits per heavy atom. The first-order valence-corrected chi connectivity index (χ1v) is 7.71. The van der Waals surface area contributed by atoms with E-state index >= 15 is 0 Å². The summed E-state index contributed by atoms with van der Waals surface area (Å²) in [4.78, 5) is 24.7. The Bertz CT molecular complexity index is 481. The van der Waals surface area contributed by atoms with Crippen LogP contribution in [0.25, 0.3) is 0 Å². The lowest BCUT2D eigenvalue weighted by Crippen LogP contribution is -2.47. The van der Waals surface area contributed by atoms with Gasteiger partial charge in [-0.05, 0) is 12.0 Å². The number of aliphatic carboxylic acids is 1. The van der Waals surface area contributed by atoms with Crippen molar-refractivity contribution < 1.29 is 14.7 Å². The summed E-state index contributed by atoms with van der Waals surface area (Å²) in [5.74, 6) is -0.0725. The fraction of sp³-hybridized carbons (Fsp3) is 0.429. The van der Waals surface area contributed by atoms with Crippen LogP contribution in [-0.2, 0) is 4.79 Å². The SMILES string of the molecule is CCC(NC(=O)N1CSC[C@H]1C(=O)O)c1ccccc1. The van der Waals surface area contributed by atoms with Crippen molar-refractivity contribution in [2.24, 2.45) is 0 Å². The van der Waals surface area contributed by atoms with Crippen LogP contribution in [0.2, 0.25) is 0 Å². The normalized spacial score (nSPS) is 19.6. The van der Waals surface area contributed by atoms with Gasteiger partial charge in [0.25, 0.3) is 0 Å². The first-order chi connectivity index (χ1) is 9.63. The number of nitrogens with zero attached hydrogens (tertiary/aromatic N) is 1. The third kappa shape index (κ3) is 3.25. The molecule has 1 unspecified atom stereocenters. The minimum Gasteiger partial charge on any atom is -0.480 e. The van der Waals surface area contributed by atoms with Gasteiger partial charge in [0.1, 0.15) is 6.04 Å². The Hall–Kier alpha value is -1.69. The molecule has 0 aromatic heterocycles. The highest BCUT2D eigenvalue weighted by Gasteiger charge is 2.35. The summed E-state index contributed by atoms with van der Waals surface area (Å²) in [6, 6.07) is 8.57. The lowest BCUT2D eigenvalue weighted by molar-refractivity contribution is -0.140. The molecule has 1 saturated heterocycles. The first kappa shape index (κ1) is 14.7. The summed E-state index contributed by atoms with van der Waals surface area (Å²) in [6.45, 7) is 1.99. The zero-order valence-electron chi connectivity index (χ0n) is 11.3. The van der Waals surface area contributed by atoms with E-state index in [0.29, 0.717) is 11.6 Å². The topological polar surface area (TPSA) is 69.6 Å². The molecular formula is C14H18N2O3S. The number of carbonyl (C=O) groups excluding carboxylic acids is 1. The van der Waals surface area contributed by atoms with Crippen molar-refractivity contribution in [1.82, 2.24) is 10.2 Å². The molecule has 5 nitrogen and oxygen atoms in total. The summed E-state index contributed by atoms with van der Waals surface area (Å²) in [5.41, 5.74) is 1.03. The van der Waals surface area contributed by atoms with Crippen LogP contribution in [0.15, 0.2) is 30.3 Å². The van der Waals surface area contributed by atoms with Crippen LogP contribution in [0, 0.1) is 0 Å². The van der Waals surface area contributed by atoms with Crippen molar-refractivity contribution in [1.29, 1.82) is 0 Å². The van der Waals surface area contributed by atoms with Crippen LogP contribution >= 0.6 is 11.8 Å². The second-order valence-corrected chi connectivity index (χ2v) is 5.64. The largest absolute Gasteiger partial charge is 0.480 e. The van der Waals surface area contributed by atoms with Crippen LogP contribution in [0.5, 0.6) is 0 Å². The average Bonchev–Trinajstić information content (AvgIpc) is 2.95. The van der Waals surface area contributed by atoms with Crippen LogP contribution in [0.4, 0.5) is 4.79 Å². The number of carboxylic acids is 1. The molecule has 0 spiro atoms. The van der Waals surface area contributed by atoms with E-state index in [2.05, 4.69) is 5.32 Å². The Kier molecular flexibility index (Phi) is 4.89. The predicted molar refractivity (Wildman–Crippen MR) is 78.6 cm³/mol. The second-order valence-electron chi connectivity index (χ2n) is 4.64. The Morgan fingerprint density at radius 2 is 2.15 bits per heavy atom. The van der Waals surface area contributed by atoms with Crippen LogP contribution in [0.1, 0.15) is 24.9 Å². The van der Waals surface area contributed by atoms with E-state index in [1.54, 1.807) is 0 Å². The van der Waals surface area contributed by atoms with Crippen molar-refractivity contribution in [2.45, 2.75) is 25.4 Å². The maximum absolute atomic E-state index is 12.2. The number of carbonyl (C=O) groups is 2. The van der Waals surface area contributed by atoms with Gasteiger partial charge in [-0.2, -0.15) is 0 Å². The third-order valence-corrected chi connectivity index (χ3v) is 4.35. The third-order valence-electron chi connectivity index (χ3n) is 3.34. The van der Waals surface area contributed by atoms with Crippen LogP contribution < -0.4 is 5.32 Å². The predicted octanol–water partition coefficient (Wildman–Crippen LogP) is 2.31. The molecule has 1 aromatic carbocycles. The highest BCUT2D eigenvalue weighted by atomic mass is 32.2. The van der Waals surface area contributed by atoms with Gasteiger partial charge in [0.15, 0.2) is 0 Å². The summed E-state index contributed by atoms with van der Waals surface area (Å²) in [5, 5.41) is 12.0. The molecule has 1 fully saturated rings. The summed E-state index contributed by atoms with van der Waals surface area (Å²) >= 11 is 1.46. The number of urea groups is 1. The van der Waals surface area contributed by atoms with Gasteiger partial charge >= 0.3 is 12.0 Å². The molecule has 108 valence electrons. The molecule has 2 amide bonds. The minimum absolute atomic E-state index is 0.0938. The van der Waals surface area contributed by atoms with E-state index in [4.69, 9.17) is 5.11 Å². The molecule has 0 aliphatic carbocycles. The van der Waals surface area contributed by atoms with Crippen molar-refractivity contribution >= 4 is 23.8 Å². The fourth-order valence-electron chi connectivity index (χ4n) is 2.19. The minimum atomic E-state index is -0.946. The van der Waals surface area contributed by atoms with E-state index in [0.717, 1.165) is 12.0 Å². The number of carboxylic acid groups (broad SMARTS) is 1. The monoisotopic (exact) mass is 294 g/mol. The number of amides is 2. The van der Waals surface area contributed by atoms with E-state index in [-0.39, 0.29) is 12.1 Å². The Labute approximate surface area is 122 Å². The van der Waals surface area contributed by atoms with Gasteiger partial charge in [-0.25, -0.2) is 9.59 Å². The molecule has 20 heavy (non-hydrogen) atoms. The zero-order valence-corrected chi connectivity index (χ0v) is 12.1. The number of nitrogens with one attached hydrogen (secondary N) is 1. The number of benzene rings is 1. The smallest absolute Gasteiger partial charge is 0.327 e. The van der Waals surface area contributed by atoms with Crippen LogP contribution in [-0.4, -0.2) is 39.7 Å². The molecule has 2 rings (SSSR count). The van der Waals surface area contributed by atoms with Crippen molar-refractivity contribution in [2.75, 3.05) is 11.6 Å². The van der Waals surface area contributed by atoms with E-state index < -0.39 is 12.0 Å². The quantitative estimate of drug-likeness (QED) is 0.894. The molecular weight excluding hydrogens is 276 g/mol. The number of rotatable bonds is 4. The zero-order chi connectivity index (χ0) is 14.5. The van der Waals surface area contributed by atoms with E-state index in [1.165, 1.54) is 16.7 Å². The number of hydrogen-bond donors (Lipinski definition) is 2. The fourth-order valence-corrected chi connectivity index (χ4v) is 3.33. The van der Waals surface area contributed by atoms with Crippen molar-refractivity contribution in [3.05, 3.63) is 35.9 Å². The molecule has 0 radical (unpaired) electrons. The summed E-state index contributed by atoms with van der Waals surface area (Å²) in [7, 11) is 0. The Balaban J connectivity index is 2.04. The highest BCUT2D eigenvalue weighted by Crippen LogP contribution is 2.23. The van der Waals surface area contributed by atoms with Gasteiger partial charge in [-0.1, -0.05) is 37.3 Å². The molecule has 0 saturated carbocycles. The van der Waals surface area contributed by atoms with Crippen LogP contribution in [0.3, 0.4) is 0 Å².